The van der Waals surface area contributed by atoms with Gasteiger partial charge in [-0.25, -0.2) is 13.4 Å². The number of ether oxygens (including phenoxy) is 1. The van der Waals surface area contributed by atoms with Gasteiger partial charge in [-0.05, 0) is 26.2 Å². The van der Waals surface area contributed by atoms with Crippen molar-refractivity contribution in [3.8, 4) is 0 Å². The lowest BCUT2D eigenvalue weighted by Gasteiger charge is -2.08. The Labute approximate surface area is 122 Å². The van der Waals surface area contributed by atoms with Crippen LogP contribution in [0.1, 0.15) is 47.2 Å². The average molecular weight is 315 g/mol. The third-order valence-electron chi connectivity index (χ3n) is 3.89. The molecule has 1 aromatic heterocycles. The number of fused-ring (bicyclic) bond motifs is 1. The lowest BCUT2D eigenvalue weighted by Crippen LogP contribution is -2.14. The zero-order valence-electron chi connectivity index (χ0n) is 11.3. The topological polar surface area (TPSA) is 73.3 Å². The molecule has 1 saturated heterocycles. The molecular weight excluding hydrogens is 298 g/mol. The summed E-state index contributed by atoms with van der Waals surface area (Å²) in [6.07, 6.45) is 2.25. The lowest BCUT2D eigenvalue weighted by molar-refractivity contribution is -0.145. The van der Waals surface area contributed by atoms with E-state index in [0.29, 0.717) is 13.0 Å². The van der Waals surface area contributed by atoms with E-state index in [9.17, 15) is 13.2 Å². The zero-order valence-corrected chi connectivity index (χ0v) is 12.9. The molecule has 1 fully saturated rings. The van der Waals surface area contributed by atoms with E-state index in [0.717, 1.165) is 28.4 Å². The summed E-state index contributed by atoms with van der Waals surface area (Å²) in [6, 6.07) is 0. The molecule has 3 rings (SSSR count). The number of aryl methyl sites for hydroxylation is 1. The van der Waals surface area contributed by atoms with Crippen molar-refractivity contribution in [3.05, 3.63) is 15.6 Å². The molecule has 2 unspecified atom stereocenters. The van der Waals surface area contributed by atoms with Crippen molar-refractivity contribution in [1.29, 1.82) is 0 Å². The molecule has 1 aromatic rings. The van der Waals surface area contributed by atoms with E-state index in [1.165, 1.54) is 0 Å². The Morgan fingerprint density at radius 1 is 1.45 bits per heavy atom. The summed E-state index contributed by atoms with van der Waals surface area (Å²) in [6.45, 7) is 2.17. The minimum atomic E-state index is -2.90. The predicted molar refractivity (Wildman–Crippen MR) is 75.8 cm³/mol. The summed E-state index contributed by atoms with van der Waals surface area (Å²) in [5.41, 5.74) is 0.827. The molecule has 1 aliphatic carbocycles. The molecular formula is C13H17NO4S2. The van der Waals surface area contributed by atoms with Gasteiger partial charge >= 0.3 is 5.97 Å². The minimum absolute atomic E-state index is 0.0124. The van der Waals surface area contributed by atoms with E-state index in [1.807, 2.05) is 0 Å². The van der Waals surface area contributed by atoms with Crippen molar-refractivity contribution in [3.63, 3.8) is 0 Å². The first-order valence-electron chi connectivity index (χ1n) is 6.86. The molecule has 2 atom stereocenters. The monoisotopic (exact) mass is 315 g/mol. The zero-order chi connectivity index (χ0) is 14.3. The fraction of sp³-hybridized carbons (Fsp3) is 0.692. The first-order valence-corrected chi connectivity index (χ1v) is 9.50. The molecule has 2 aliphatic rings. The van der Waals surface area contributed by atoms with Gasteiger partial charge in [-0.2, -0.15) is 0 Å². The smallest absolute Gasteiger partial charge is 0.315 e. The van der Waals surface area contributed by atoms with Crippen molar-refractivity contribution < 1.29 is 17.9 Å². The maximum atomic E-state index is 11.9. The molecule has 110 valence electrons. The number of aromatic nitrogens is 1. The van der Waals surface area contributed by atoms with Crippen molar-refractivity contribution in [1.82, 2.24) is 4.98 Å². The SMILES string of the molecule is CCOC(=O)C1CCc2sc(C3CCS(=O)(=O)C3)nc21. The average Bonchev–Trinajstić information content (AvgIpc) is 3.01. The Morgan fingerprint density at radius 2 is 2.25 bits per heavy atom. The second kappa shape index (κ2) is 5.11. The fourth-order valence-corrected chi connectivity index (χ4v) is 6.01. The highest BCUT2D eigenvalue weighted by molar-refractivity contribution is 7.91. The van der Waals surface area contributed by atoms with Gasteiger partial charge in [0.1, 0.15) is 5.92 Å². The van der Waals surface area contributed by atoms with E-state index in [1.54, 1.807) is 18.3 Å². The highest BCUT2D eigenvalue weighted by atomic mass is 32.2. The Hall–Kier alpha value is -0.950. The standard InChI is InChI=1S/C13H17NO4S2/c1-2-18-13(15)9-3-4-10-11(9)14-12(19-10)8-5-6-20(16,17)7-8/h8-9H,2-7H2,1H3. The second-order valence-electron chi connectivity index (χ2n) is 5.30. The maximum absolute atomic E-state index is 11.9. The van der Waals surface area contributed by atoms with E-state index in [-0.39, 0.29) is 29.3 Å². The van der Waals surface area contributed by atoms with Crippen molar-refractivity contribution in [2.75, 3.05) is 18.1 Å². The Kier molecular flexibility index (Phi) is 3.58. The van der Waals surface area contributed by atoms with E-state index in [4.69, 9.17) is 4.74 Å². The summed E-state index contributed by atoms with van der Waals surface area (Å²) in [4.78, 5) is 17.6. The third kappa shape index (κ3) is 2.48. The van der Waals surface area contributed by atoms with Crippen LogP contribution in [0.15, 0.2) is 0 Å². The lowest BCUT2D eigenvalue weighted by atomic mass is 10.1. The normalized spacial score (nSPS) is 27.4. The van der Waals surface area contributed by atoms with Crippen LogP contribution in [0.3, 0.4) is 0 Å². The first-order chi connectivity index (χ1) is 9.50. The van der Waals surface area contributed by atoms with E-state index >= 15 is 0 Å². The number of rotatable bonds is 3. The van der Waals surface area contributed by atoms with Crippen molar-refractivity contribution in [2.45, 2.75) is 38.0 Å². The number of hydrogen-bond donors (Lipinski definition) is 0. The Balaban J connectivity index is 1.82. The van der Waals surface area contributed by atoms with Gasteiger partial charge < -0.3 is 4.74 Å². The molecule has 1 aliphatic heterocycles. The second-order valence-corrected chi connectivity index (χ2v) is 8.65. The largest absolute Gasteiger partial charge is 0.465 e. The highest BCUT2D eigenvalue weighted by Crippen LogP contribution is 2.41. The molecule has 0 amide bonds. The van der Waals surface area contributed by atoms with Gasteiger partial charge in [-0.1, -0.05) is 0 Å². The first kappa shape index (κ1) is 14.0. The van der Waals surface area contributed by atoms with Crippen LogP contribution in [0.25, 0.3) is 0 Å². The number of carbonyl (C=O) groups is 1. The van der Waals surface area contributed by atoms with Gasteiger partial charge in [0, 0.05) is 10.8 Å². The van der Waals surface area contributed by atoms with Gasteiger partial charge in [-0.3, -0.25) is 4.79 Å². The maximum Gasteiger partial charge on any atom is 0.315 e. The summed E-state index contributed by atoms with van der Waals surface area (Å²) in [7, 11) is -2.90. The van der Waals surface area contributed by atoms with Gasteiger partial charge in [0.25, 0.3) is 0 Å². The summed E-state index contributed by atoms with van der Waals surface area (Å²) >= 11 is 1.58. The Bertz CT molecular complexity index is 635. The van der Waals surface area contributed by atoms with Crippen LogP contribution in [0.5, 0.6) is 0 Å². The van der Waals surface area contributed by atoms with Gasteiger partial charge in [-0.15, -0.1) is 11.3 Å². The van der Waals surface area contributed by atoms with E-state index < -0.39 is 9.84 Å². The van der Waals surface area contributed by atoms with Gasteiger partial charge in [0.2, 0.25) is 0 Å². The number of sulfone groups is 1. The van der Waals surface area contributed by atoms with E-state index in [2.05, 4.69) is 4.98 Å². The molecule has 7 heteroatoms. The Morgan fingerprint density at radius 3 is 2.90 bits per heavy atom. The van der Waals surface area contributed by atoms with Gasteiger partial charge in [0.15, 0.2) is 9.84 Å². The van der Waals surface area contributed by atoms with Gasteiger partial charge in [0.05, 0.1) is 28.8 Å². The molecule has 0 spiro atoms. The van der Waals surface area contributed by atoms with Crippen LogP contribution < -0.4 is 0 Å². The summed E-state index contributed by atoms with van der Waals surface area (Å²) in [5.74, 6) is 0.000659. The quantitative estimate of drug-likeness (QED) is 0.793. The van der Waals surface area contributed by atoms with Crippen LogP contribution in [-0.2, 0) is 25.8 Å². The minimum Gasteiger partial charge on any atom is -0.465 e. The molecule has 0 N–H and O–H groups in total. The number of hydrogen-bond acceptors (Lipinski definition) is 6. The molecule has 0 saturated carbocycles. The highest BCUT2D eigenvalue weighted by Gasteiger charge is 2.37. The summed E-state index contributed by atoms with van der Waals surface area (Å²) < 4.78 is 28.2. The number of carbonyl (C=O) groups excluding carboxylic acids is 1. The van der Waals surface area contributed by atoms with Crippen molar-refractivity contribution >= 4 is 27.1 Å². The number of nitrogens with zero attached hydrogens (tertiary/aromatic N) is 1. The van der Waals surface area contributed by atoms with Crippen molar-refractivity contribution in [2.24, 2.45) is 0 Å². The predicted octanol–water partition coefficient (Wildman–Crippen LogP) is 1.64. The molecule has 2 heterocycles. The molecule has 0 aromatic carbocycles. The molecule has 20 heavy (non-hydrogen) atoms. The molecule has 5 nitrogen and oxygen atoms in total. The third-order valence-corrected chi connectivity index (χ3v) is 6.95. The van der Waals surface area contributed by atoms with Crippen LogP contribution >= 0.6 is 11.3 Å². The summed E-state index contributed by atoms with van der Waals surface area (Å²) in [5, 5.41) is 0.880. The fourth-order valence-electron chi connectivity index (χ4n) is 2.88. The molecule has 0 radical (unpaired) electrons. The van der Waals surface area contributed by atoms with Crippen LogP contribution in [0, 0.1) is 0 Å². The van der Waals surface area contributed by atoms with Crippen LogP contribution in [0.4, 0.5) is 0 Å². The van der Waals surface area contributed by atoms with Crippen LogP contribution in [-0.4, -0.2) is 37.5 Å². The number of thiazole rings is 1. The number of esters is 1. The molecule has 0 bridgehead atoms. The van der Waals surface area contributed by atoms with Crippen LogP contribution in [0.2, 0.25) is 0 Å².